The van der Waals surface area contributed by atoms with Gasteiger partial charge >= 0.3 is 11.9 Å². The molecule has 0 fully saturated rings. The van der Waals surface area contributed by atoms with Gasteiger partial charge in [0, 0.05) is 12.8 Å². The highest BCUT2D eigenvalue weighted by Crippen LogP contribution is 2.15. The molecule has 0 radical (unpaired) electrons. The topological polar surface area (TPSA) is 72.8 Å². The molecule has 40 heavy (non-hydrogen) atoms. The molecule has 0 rings (SSSR count). The van der Waals surface area contributed by atoms with E-state index in [0.717, 1.165) is 38.5 Å². The first-order chi connectivity index (χ1) is 19.6. The van der Waals surface area contributed by atoms with Crippen molar-refractivity contribution in [3.8, 4) is 0 Å². The number of aliphatic hydroxyl groups is 1. The van der Waals surface area contributed by atoms with Crippen LogP contribution in [0.25, 0.3) is 0 Å². The summed E-state index contributed by atoms with van der Waals surface area (Å²) in [5.74, 6) is -0.587. The maximum atomic E-state index is 12.1. The molecule has 5 heteroatoms. The molecule has 0 aliphatic rings. The standard InChI is InChI=1S/C35H68O5/c1-3-5-7-9-11-12-13-14-15-16-17-18-19-20-21-22-24-26-28-30-35(38)40-33(31-36)32-39-34(37)29-27-25-23-10-8-6-4-2/h33,36H,3-32H2,1-2H3. The van der Waals surface area contributed by atoms with Gasteiger partial charge in [0.1, 0.15) is 6.61 Å². The maximum Gasteiger partial charge on any atom is 0.306 e. The Hall–Kier alpha value is -1.10. The van der Waals surface area contributed by atoms with Gasteiger partial charge in [-0.2, -0.15) is 0 Å². The molecule has 1 N–H and O–H groups in total. The van der Waals surface area contributed by atoms with Crippen LogP contribution in [0.4, 0.5) is 0 Å². The number of aliphatic hydroxyl groups excluding tert-OH is 1. The Morgan fingerprint density at radius 3 is 1.10 bits per heavy atom. The van der Waals surface area contributed by atoms with Crippen molar-refractivity contribution in [1.29, 1.82) is 0 Å². The van der Waals surface area contributed by atoms with Crippen molar-refractivity contribution in [2.75, 3.05) is 13.2 Å². The van der Waals surface area contributed by atoms with Gasteiger partial charge in [0.05, 0.1) is 6.61 Å². The van der Waals surface area contributed by atoms with Crippen LogP contribution in [0.5, 0.6) is 0 Å². The van der Waals surface area contributed by atoms with E-state index in [1.54, 1.807) is 0 Å². The third kappa shape index (κ3) is 29.9. The van der Waals surface area contributed by atoms with Gasteiger partial charge in [-0.3, -0.25) is 9.59 Å². The number of carbonyl (C=O) groups excluding carboxylic acids is 2. The molecule has 0 bridgehead atoms. The Balaban J connectivity index is 3.45. The number of ether oxygens (including phenoxy) is 2. The second kappa shape index (κ2) is 32.4. The van der Waals surface area contributed by atoms with E-state index >= 15 is 0 Å². The minimum absolute atomic E-state index is 0.0588. The van der Waals surface area contributed by atoms with Crippen LogP contribution in [0.3, 0.4) is 0 Å². The van der Waals surface area contributed by atoms with E-state index < -0.39 is 6.10 Å². The summed E-state index contributed by atoms with van der Waals surface area (Å²) in [6.45, 7) is 4.10. The summed E-state index contributed by atoms with van der Waals surface area (Å²) in [6.07, 6.45) is 33.2. The Morgan fingerprint density at radius 2 is 0.775 bits per heavy atom. The van der Waals surface area contributed by atoms with Crippen LogP contribution in [0, 0.1) is 0 Å². The number of esters is 2. The highest BCUT2D eigenvalue weighted by molar-refractivity contribution is 5.70. The number of unbranched alkanes of at least 4 members (excludes halogenated alkanes) is 24. The van der Waals surface area contributed by atoms with Gasteiger partial charge < -0.3 is 14.6 Å². The van der Waals surface area contributed by atoms with Crippen LogP contribution >= 0.6 is 0 Å². The third-order valence-electron chi connectivity index (χ3n) is 7.90. The zero-order valence-electron chi connectivity index (χ0n) is 26.9. The summed E-state index contributed by atoms with van der Waals surface area (Å²) in [7, 11) is 0. The monoisotopic (exact) mass is 569 g/mol. The second-order valence-electron chi connectivity index (χ2n) is 12.0. The smallest absolute Gasteiger partial charge is 0.306 e. The van der Waals surface area contributed by atoms with Crippen molar-refractivity contribution in [1.82, 2.24) is 0 Å². The first kappa shape index (κ1) is 38.9. The van der Waals surface area contributed by atoms with E-state index in [9.17, 15) is 14.7 Å². The van der Waals surface area contributed by atoms with Gasteiger partial charge in [-0.1, -0.05) is 168 Å². The zero-order chi connectivity index (χ0) is 29.4. The lowest BCUT2D eigenvalue weighted by Gasteiger charge is -2.15. The van der Waals surface area contributed by atoms with Crippen molar-refractivity contribution in [2.45, 2.75) is 200 Å². The minimum Gasteiger partial charge on any atom is -0.462 e. The summed E-state index contributed by atoms with van der Waals surface area (Å²) in [5, 5.41) is 9.47. The van der Waals surface area contributed by atoms with Crippen LogP contribution in [-0.2, 0) is 19.1 Å². The molecule has 0 aromatic rings. The molecule has 0 aliphatic heterocycles. The minimum atomic E-state index is -0.759. The van der Waals surface area contributed by atoms with Gasteiger partial charge in [0.2, 0.25) is 0 Å². The fourth-order valence-corrected chi connectivity index (χ4v) is 5.20. The van der Waals surface area contributed by atoms with Gasteiger partial charge in [0.15, 0.2) is 6.10 Å². The predicted molar refractivity (Wildman–Crippen MR) is 169 cm³/mol. The Kier molecular flexibility index (Phi) is 31.5. The number of hydrogen-bond donors (Lipinski definition) is 1. The molecule has 0 aromatic heterocycles. The first-order valence-electron chi connectivity index (χ1n) is 17.6. The molecule has 0 aromatic carbocycles. The quantitative estimate of drug-likeness (QED) is 0.0645. The molecular formula is C35H68O5. The van der Waals surface area contributed by atoms with Crippen molar-refractivity contribution in [3.05, 3.63) is 0 Å². The highest BCUT2D eigenvalue weighted by Gasteiger charge is 2.16. The summed E-state index contributed by atoms with van der Waals surface area (Å²) < 4.78 is 10.5. The van der Waals surface area contributed by atoms with Gasteiger partial charge in [-0.25, -0.2) is 0 Å². The normalized spacial score (nSPS) is 12.0. The number of hydrogen-bond acceptors (Lipinski definition) is 5. The molecule has 0 spiro atoms. The van der Waals surface area contributed by atoms with Gasteiger partial charge in [-0.05, 0) is 12.8 Å². The third-order valence-corrected chi connectivity index (χ3v) is 7.90. The highest BCUT2D eigenvalue weighted by atomic mass is 16.6. The van der Waals surface area contributed by atoms with Crippen LogP contribution < -0.4 is 0 Å². The molecule has 0 amide bonds. The molecule has 5 nitrogen and oxygen atoms in total. The number of carbonyl (C=O) groups is 2. The Morgan fingerprint density at radius 1 is 0.475 bits per heavy atom. The Bertz CT molecular complexity index is 536. The average molecular weight is 569 g/mol. The maximum absolute atomic E-state index is 12.1. The molecular weight excluding hydrogens is 500 g/mol. The fraction of sp³-hybridized carbons (Fsp3) is 0.943. The molecule has 1 unspecified atom stereocenters. The van der Waals surface area contributed by atoms with E-state index in [-0.39, 0.29) is 25.2 Å². The van der Waals surface area contributed by atoms with E-state index in [0.29, 0.717) is 12.8 Å². The molecule has 0 heterocycles. The van der Waals surface area contributed by atoms with Crippen molar-refractivity contribution in [3.63, 3.8) is 0 Å². The van der Waals surface area contributed by atoms with Crippen molar-refractivity contribution >= 4 is 11.9 Å². The largest absolute Gasteiger partial charge is 0.462 e. The molecule has 0 aliphatic carbocycles. The van der Waals surface area contributed by atoms with Crippen LogP contribution in [0.2, 0.25) is 0 Å². The second-order valence-corrected chi connectivity index (χ2v) is 12.0. The first-order valence-corrected chi connectivity index (χ1v) is 17.6. The van der Waals surface area contributed by atoms with E-state index in [1.807, 2.05) is 0 Å². The lowest BCUT2D eigenvalue weighted by Crippen LogP contribution is -2.28. The summed E-state index contributed by atoms with van der Waals surface area (Å²) in [5.41, 5.74) is 0. The Labute approximate surface area is 248 Å². The fourth-order valence-electron chi connectivity index (χ4n) is 5.20. The molecule has 0 saturated heterocycles. The number of rotatable bonds is 32. The van der Waals surface area contributed by atoms with Gasteiger partial charge in [-0.15, -0.1) is 0 Å². The molecule has 0 saturated carbocycles. The van der Waals surface area contributed by atoms with Crippen molar-refractivity contribution < 1.29 is 24.2 Å². The predicted octanol–water partition coefficient (Wildman–Crippen LogP) is 10.4. The van der Waals surface area contributed by atoms with Crippen LogP contribution in [0.1, 0.15) is 194 Å². The summed E-state index contributed by atoms with van der Waals surface area (Å²) in [6, 6.07) is 0. The lowest BCUT2D eigenvalue weighted by atomic mass is 10.0. The van der Waals surface area contributed by atoms with Gasteiger partial charge in [0.25, 0.3) is 0 Å². The SMILES string of the molecule is CCCCCCCCCCCCCCCCCCCCCC(=O)OC(CO)COC(=O)CCCCCCCCC. The zero-order valence-corrected chi connectivity index (χ0v) is 26.9. The average Bonchev–Trinajstić information content (AvgIpc) is 2.96. The van der Waals surface area contributed by atoms with Crippen LogP contribution in [0.15, 0.2) is 0 Å². The van der Waals surface area contributed by atoms with E-state index in [2.05, 4.69) is 13.8 Å². The van der Waals surface area contributed by atoms with Crippen LogP contribution in [-0.4, -0.2) is 36.4 Å². The summed E-state index contributed by atoms with van der Waals surface area (Å²) >= 11 is 0. The summed E-state index contributed by atoms with van der Waals surface area (Å²) in [4.78, 5) is 24.0. The molecule has 1 atom stereocenters. The van der Waals surface area contributed by atoms with Crippen molar-refractivity contribution in [2.24, 2.45) is 0 Å². The van der Waals surface area contributed by atoms with E-state index in [1.165, 1.54) is 128 Å². The van der Waals surface area contributed by atoms with E-state index in [4.69, 9.17) is 9.47 Å². The molecule has 238 valence electrons. The lowest BCUT2D eigenvalue weighted by molar-refractivity contribution is -0.161.